The molecule has 0 amide bonds. The molecule has 0 saturated heterocycles. The van der Waals surface area contributed by atoms with E-state index in [0.717, 1.165) is 23.2 Å². The lowest BCUT2D eigenvalue weighted by Crippen LogP contribution is -2.14. The van der Waals surface area contributed by atoms with Gasteiger partial charge in [0.1, 0.15) is 5.69 Å². The van der Waals surface area contributed by atoms with E-state index in [-0.39, 0.29) is 5.78 Å². The van der Waals surface area contributed by atoms with Gasteiger partial charge in [-0.05, 0) is 54.9 Å². The highest BCUT2D eigenvalue weighted by Crippen LogP contribution is 2.27. The smallest absolute Gasteiger partial charge is 0.159 e. The lowest BCUT2D eigenvalue weighted by Gasteiger charge is -2.11. The molecule has 0 saturated carbocycles. The highest BCUT2D eigenvalue weighted by Gasteiger charge is 2.04. The third kappa shape index (κ3) is 3.93. The van der Waals surface area contributed by atoms with Crippen LogP contribution in [0.2, 0.25) is 0 Å². The van der Waals surface area contributed by atoms with Crippen molar-refractivity contribution in [2.24, 2.45) is 10.3 Å². The summed E-state index contributed by atoms with van der Waals surface area (Å²) in [6.07, 6.45) is 0. The van der Waals surface area contributed by atoms with Gasteiger partial charge in [0.15, 0.2) is 5.78 Å². The molecule has 0 aliphatic rings. The lowest BCUT2D eigenvalue weighted by atomic mass is 10.1. The first-order valence-corrected chi connectivity index (χ1v) is 6.34. The van der Waals surface area contributed by atoms with Crippen LogP contribution in [0.3, 0.4) is 0 Å². The fourth-order valence-corrected chi connectivity index (χ4v) is 1.73. The van der Waals surface area contributed by atoms with Crippen molar-refractivity contribution >= 4 is 27.4 Å². The molecular weight excluding hydrogens is 282 g/mol. The molecule has 0 spiro atoms. The van der Waals surface area contributed by atoms with E-state index in [1.807, 2.05) is 18.9 Å². The first kappa shape index (κ1) is 13.8. The summed E-state index contributed by atoms with van der Waals surface area (Å²) in [7, 11) is 0. The maximum atomic E-state index is 11.2. The predicted molar refractivity (Wildman–Crippen MR) is 71.6 cm³/mol. The Hall–Kier alpha value is -1.23. The second kappa shape index (κ2) is 6.49. The molecule has 92 valence electrons. The Morgan fingerprint density at radius 2 is 2.00 bits per heavy atom. The van der Waals surface area contributed by atoms with E-state index in [2.05, 4.69) is 26.3 Å². The molecule has 0 radical (unpaired) electrons. The minimum Gasteiger partial charge on any atom is -0.295 e. The highest BCUT2D eigenvalue weighted by molar-refractivity contribution is 9.10. The van der Waals surface area contributed by atoms with Crippen molar-refractivity contribution in [2.75, 3.05) is 13.1 Å². The zero-order chi connectivity index (χ0) is 12.8. The molecule has 0 aromatic heterocycles. The number of hydrogen-bond acceptors (Lipinski definition) is 3. The number of ketones is 1. The Labute approximate surface area is 110 Å². The number of carbonyl (C=O) groups is 1. The SMILES string of the molecule is CCN(CC)N=Nc1ccc(C(C)=O)cc1Br. The third-order valence-electron chi connectivity index (χ3n) is 2.36. The number of Topliss-reactive ketones (excluding diaryl/α,β-unsaturated/α-hetero) is 1. The van der Waals surface area contributed by atoms with Crippen LogP contribution in [0, 0.1) is 0 Å². The van der Waals surface area contributed by atoms with Gasteiger partial charge in [-0.15, -0.1) is 5.11 Å². The van der Waals surface area contributed by atoms with Gasteiger partial charge >= 0.3 is 0 Å². The molecule has 1 rings (SSSR count). The first-order chi connectivity index (χ1) is 8.08. The summed E-state index contributed by atoms with van der Waals surface area (Å²) in [5.74, 6) is 0.0398. The van der Waals surface area contributed by atoms with Crippen molar-refractivity contribution in [3.05, 3.63) is 28.2 Å². The highest BCUT2D eigenvalue weighted by atomic mass is 79.9. The van der Waals surface area contributed by atoms with E-state index in [0.29, 0.717) is 5.56 Å². The maximum absolute atomic E-state index is 11.2. The van der Waals surface area contributed by atoms with Gasteiger partial charge in [0.2, 0.25) is 0 Å². The average molecular weight is 298 g/mol. The van der Waals surface area contributed by atoms with Crippen LogP contribution < -0.4 is 0 Å². The molecule has 0 aliphatic heterocycles. The predicted octanol–water partition coefficient (Wildman–Crippen LogP) is 3.99. The molecular formula is C12H16BrN3O. The number of carbonyl (C=O) groups excluding carboxylic acids is 1. The van der Waals surface area contributed by atoms with Gasteiger partial charge in [-0.1, -0.05) is 5.22 Å². The van der Waals surface area contributed by atoms with E-state index >= 15 is 0 Å². The summed E-state index contributed by atoms with van der Waals surface area (Å²) in [6.45, 7) is 7.23. The normalized spacial score (nSPS) is 10.8. The van der Waals surface area contributed by atoms with E-state index in [9.17, 15) is 4.79 Å². The van der Waals surface area contributed by atoms with Crippen LogP contribution in [-0.4, -0.2) is 23.9 Å². The Kier molecular flexibility index (Phi) is 5.28. The van der Waals surface area contributed by atoms with Gasteiger partial charge < -0.3 is 0 Å². The molecule has 1 aromatic carbocycles. The van der Waals surface area contributed by atoms with Crippen LogP contribution in [0.15, 0.2) is 33.0 Å². The fourth-order valence-electron chi connectivity index (χ4n) is 1.27. The number of benzene rings is 1. The van der Waals surface area contributed by atoms with Crippen LogP contribution in [0.4, 0.5) is 5.69 Å². The number of nitrogens with zero attached hydrogens (tertiary/aromatic N) is 3. The monoisotopic (exact) mass is 297 g/mol. The zero-order valence-electron chi connectivity index (χ0n) is 10.3. The second-order valence-corrected chi connectivity index (χ2v) is 4.41. The van der Waals surface area contributed by atoms with E-state index in [4.69, 9.17) is 0 Å². The molecule has 0 heterocycles. The van der Waals surface area contributed by atoms with Gasteiger partial charge in [0.25, 0.3) is 0 Å². The summed E-state index contributed by atoms with van der Waals surface area (Å²) in [5.41, 5.74) is 1.39. The van der Waals surface area contributed by atoms with Gasteiger partial charge in [-0.2, -0.15) is 0 Å². The molecule has 4 nitrogen and oxygen atoms in total. The van der Waals surface area contributed by atoms with Crippen molar-refractivity contribution < 1.29 is 4.79 Å². The summed E-state index contributed by atoms with van der Waals surface area (Å²) >= 11 is 3.38. The molecule has 0 fully saturated rings. The largest absolute Gasteiger partial charge is 0.295 e. The first-order valence-electron chi connectivity index (χ1n) is 5.55. The van der Waals surface area contributed by atoms with Crippen LogP contribution >= 0.6 is 15.9 Å². The quantitative estimate of drug-likeness (QED) is 0.468. The Morgan fingerprint density at radius 1 is 1.35 bits per heavy atom. The van der Waals surface area contributed by atoms with Gasteiger partial charge in [0.05, 0.1) is 0 Å². The van der Waals surface area contributed by atoms with E-state index in [1.165, 1.54) is 0 Å². The molecule has 0 unspecified atom stereocenters. The summed E-state index contributed by atoms with van der Waals surface area (Å²) < 4.78 is 0.779. The summed E-state index contributed by atoms with van der Waals surface area (Å²) in [5, 5.41) is 10.1. The maximum Gasteiger partial charge on any atom is 0.159 e. The topological polar surface area (TPSA) is 45.0 Å². The van der Waals surface area contributed by atoms with Gasteiger partial charge in [-0.25, -0.2) is 0 Å². The van der Waals surface area contributed by atoms with Gasteiger partial charge in [0, 0.05) is 23.1 Å². The second-order valence-electron chi connectivity index (χ2n) is 3.55. The van der Waals surface area contributed by atoms with Crippen molar-refractivity contribution in [3.63, 3.8) is 0 Å². The van der Waals surface area contributed by atoms with Crippen LogP contribution in [0.25, 0.3) is 0 Å². The molecule has 0 aliphatic carbocycles. The number of halogens is 1. The summed E-state index contributed by atoms with van der Waals surface area (Å²) in [6, 6.07) is 5.30. The minimum atomic E-state index is 0.0398. The molecule has 5 heteroatoms. The fraction of sp³-hybridized carbons (Fsp3) is 0.417. The minimum absolute atomic E-state index is 0.0398. The van der Waals surface area contributed by atoms with E-state index in [1.54, 1.807) is 25.1 Å². The van der Waals surface area contributed by atoms with Crippen molar-refractivity contribution in [2.45, 2.75) is 20.8 Å². The van der Waals surface area contributed by atoms with Crippen LogP contribution in [0.5, 0.6) is 0 Å². The zero-order valence-corrected chi connectivity index (χ0v) is 11.9. The van der Waals surface area contributed by atoms with Gasteiger partial charge in [-0.3, -0.25) is 9.80 Å². The van der Waals surface area contributed by atoms with Crippen LogP contribution in [-0.2, 0) is 0 Å². The Bertz CT molecular complexity index is 428. The average Bonchev–Trinajstić information content (AvgIpc) is 2.31. The number of hydrogen-bond donors (Lipinski definition) is 0. The Balaban J connectivity index is 2.89. The standard InChI is InChI=1S/C12H16BrN3O/c1-4-16(5-2)15-14-12-7-6-10(9(3)17)8-11(12)13/h6-8H,4-5H2,1-3H3. The molecule has 1 aromatic rings. The van der Waals surface area contributed by atoms with Crippen molar-refractivity contribution in [1.29, 1.82) is 0 Å². The molecule has 0 bridgehead atoms. The van der Waals surface area contributed by atoms with Crippen LogP contribution in [0.1, 0.15) is 31.1 Å². The van der Waals surface area contributed by atoms with Crippen molar-refractivity contribution in [1.82, 2.24) is 5.01 Å². The third-order valence-corrected chi connectivity index (χ3v) is 3.00. The number of rotatable bonds is 5. The molecule has 17 heavy (non-hydrogen) atoms. The lowest BCUT2D eigenvalue weighted by molar-refractivity contribution is 0.101. The Morgan fingerprint density at radius 3 is 2.47 bits per heavy atom. The molecule has 0 N–H and O–H groups in total. The molecule has 0 atom stereocenters. The van der Waals surface area contributed by atoms with E-state index < -0.39 is 0 Å². The summed E-state index contributed by atoms with van der Waals surface area (Å²) in [4.78, 5) is 11.2. The van der Waals surface area contributed by atoms with Crippen molar-refractivity contribution in [3.8, 4) is 0 Å².